The highest BCUT2D eigenvalue weighted by molar-refractivity contribution is 8.18. The Hall–Kier alpha value is -2.51. The number of benzene rings is 1. The van der Waals surface area contributed by atoms with Crippen LogP contribution in [0.3, 0.4) is 0 Å². The molecule has 0 saturated carbocycles. The largest absolute Gasteiger partial charge is 0.459 e. The van der Waals surface area contributed by atoms with E-state index in [9.17, 15) is 14.4 Å². The van der Waals surface area contributed by atoms with Gasteiger partial charge >= 0.3 is 0 Å². The van der Waals surface area contributed by atoms with Crippen molar-refractivity contribution in [2.75, 3.05) is 13.1 Å². The average Bonchev–Trinajstić information content (AvgIpc) is 3.21. The molecule has 0 aliphatic carbocycles. The Morgan fingerprint density at radius 2 is 2.00 bits per heavy atom. The molecule has 1 aliphatic rings. The fourth-order valence-electron chi connectivity index (χ4n) is 2.18. The van der Waals surface area contributed by atoms with Crippen LogP contribution in [-0.4, -0.2) is 35.0 Å². The summed E-state index contributed by atoms with van der Waals surface area (Å²) < 4.78 is 4.97. The highest BCUT2D eigenvalue weighted by Gasteiger charge is 2.34. The summed E-state index contributed by atoms with van der Waals surface area (Å²) >= 11 is 6.70. The number of furan rings is 1. The maximum Gasteiger partial charge on any atom is 0.293 e. The average molecular weight is 377 g/mol. The second-order valence-corrected chi connectivity index (χ2v) is 6.55. The number of halogens is 1. The van der Waals surface area contributed by atoms with Crippen LogP contribution in [-0.2, 0) is 4.79 Å². The van der Waals surface area contributed by atoms with Crippen molar-refractivity contribution in [3.63, 3.8) is 0 Å². The number of amides is 3. The fourth-order valence-corrected chi connectivity index (χ4v) is 3.17. The normalized spacial score (nSPS) is 15.9. The second-order valence-electron chi connectivity index (χ2n) is 5.12. The molecule has 1 saturated heterocycles. The molecule has 8 heteroatoms. The summed E-state index contributed by atoms with van der Waals surface area (Å²) in [5.74, 6) is -0.595. The Bertz CT molecular complexity index is 831. The fraction of sp³-hybridized carbons (Fsp3) is 0.118. The smallest absolute Gasteiger partial charge is 0.293 e. The van der Waals surface area contributed by atoms with E-state index < -0.39 is 5.91 Å². The first-order valence-electron chi connectivity index (χ1n) is 7.37. The topological polar surface area (TPSA) is 79.6 Å². The Morgan fingerprint density at radius 3 is 2.68 bits per heavy atom. The molecular weight excluding hydrogens is 364 g/mol. The minimum Gasteiger partial charge on any atom is -0.459 e. The lowest BCUT2D eigenvalue weighted by molar-refractivity contribution is -0.122. The lowest BCUT2D eigenvalue weighted by Gasteiger charge is -2.12. The summed E-state index contributed by atoms with van der Waals surface area (Å²) in [6.45, 7) is 0.237. The van der Waals surface area contributed by atoms with Gasteiger partial charge in [-0.2, -0.15) is 0 Å². The summed E-state index contributed by atoms with van der Waals surface area (Å²) in [7, 11) is 0. The van der Waals surface area contributed by atoms with Crippen LogP contribution < -0.4 is 5.32 Å². The minimum absolute atomic E-state index is 0.0923. The Balaban J connectivity index is 1.59. The zero-order chi connectivity index (χ0) is 17.8. The molecule has 25 heavy (non-hydrogen) atoms. The van der Waals surface area contributed by atoms with Crippen LogP contribution in [0, 0.1) is 0 Å². The Kier molecular flexibility index (Phi) is 5.25. The lowest BCUT2D eigenvalue weighted by Crippen LogP contribution is -2.37. The molecule has 3 rings (SSSR count). The third-order valence-corrected chi connectivity index (χ3v) is 4.57. The zero-order valence-corrected chi connectivity index (χ0v) is 14.5. The van der Waals surface area contributed by atoms with Crippen molar-refractivity contribution in [3.05, 3.63) is 63.9 Å². The van der Waals surface area contributed by atoms with Gasteiger partial charge in [0, 0.05) is 18.1 Å². The number of imide groups is 1. The van der Waals surface area contributed by atoms with Gasteiger partial charge in [0.1, 0.15) is 0 Å². The summed E-state index contributed by atoms with van der Waals surface area (Å²) in [4.78, 5) is 37.6. The van der Waals surface area contributed by atoms with Crippen molar-refractivity contribution in [2.45, 2.75) is 0 Å². The first kappa shape index (κ1) is 17.3. The van der Waals surface area contributed by atoms with E-state index in [1.54, 1.807) is 36.4 Å². The number of thioether (sulfide) groups is 1. The van der Waals surface area contributed by atoms with E-state index in [0.717, 1.165) is 22.2 Å². The Morgan fingerprint density at radius 1 is 1.24 bits per heavy atom. The number of hydrogen-bond acceptors (Lipinski definition) is 5. The van der Waals surface area contributed by atoms with Crippen LogP contribution in [0.2, 0.25) is 5.02 Å². The van der Waals surface area contributed by atoms with Gasteiger partial charge in [0.2, 0.25) is 0 Å². The molecule has 0 atom stereocenters. The molecule has 0 radical (unpaired) electrons. The van der Waals surface area contributed by atoms with Gasteiger partial charge in [0.15, 0.2) is 5.76 Å². The SMILES string of the molecule is O=C(NCCN1C(=O)SC(=Cc2ccc(Cl)cc2)C1=O)c1ccco1. The molecule has 1 aromatic carbocycles. The summed E-state index contributed by atoms with van der Waals surface area (Å²) in [6.07, 6.45) is 3.04. The number of carbonyl (C=O) groups excluding carboxylic acids is 3. The first-order chi connectivity index (χ1) is 12.0. The van der Waals surface area contributed by atoms with Crippen molar-refractivity contribution in [2.24, 2.45) is 0 Å². The van der Waals surface area contributed by atoms with Gasteiger partial charge in [-0.3, -0.25) is 19.3 Å². The third kappa shape index (κ3) is 4.12. The van der Waals surface area contributed by atoms with Gasteiger partial charge in [-0.1, -0.05) is 23.7 Å². The van der Waals surface area contributed by atoms with Crippen LogP contribution in [0.4, 0.5) is 4.79 Å². The molecule has 0 unspecified atom stereocenters. The van der Waals surface area contributed by atoms with Crippen LogP contribution in [0.15, 0.2) is 52.0 Å². The van der Waals surface area contributed by atoms with Gasteiger partial charge in [0.05, 0.1) is 11.2 Å². The third-order valence-electron chi connectivity index (χ3n) is 3.41. The Labute approximate surface area is 152 Å². The highest BCUT2D eigenvalue weighted by atomic mass is 35.5. The van der Waals surface area contributed by atoms with Crippen molar-refractivity contribution >= 4 is 46.5 Å². The lowest BCUT2D eigenvalue weighted by atomic mass is 10.2. The molecule has 1 aromatic heterocycles. The summed E-state index contributed by atoms with van der Waals surface area (Å²) in [5, 5.41) is 2.83. The van der Waals surface area contributed by atoms with Gasteiger partial charge in [-0.15, -0.1) is 0 Å². The molecule has 2 heterocycles. The van der Waals surface area contributed by atoms with Crippen molar-refractivity contribution in [3.8, 4) is 0 Å². The number of rotatable bonds is 5. The predicted octanol–water partition coefficient (Wildman–Crippen LogP) is 3.40. The van der Waals surface area contributed by atoms with Crippen molar-refractivity contribution in [1.29, 1.82) is 0 Å². The summed E-state index contributed by atoms with van der Waals surface area (Å²) in [5.41, 5.74) is 0.779. The maximum absolute atomic E-state index is 12.4. The second kappa shape index (κ2) is 7.58. The number of nitrogens with one attached hydrogen (secondary N) is 1. The molecule has 1 aliphatic heterocycles. The van der Waals surface area contributed by atoms with Gasteiger partial charge < -0.3 is 9.73 Å². The maximum atomic E-state index is 12.4. The van der Waals surface area contributed by atoms with E-state index in [0.29, 0.717) is 9.93 Å². The molecule has 0 bridgehead atoms. The summed E-state index contributed by atoms with van der Waals surface area (Å²) in [6, 6.07) is 10.1. The molecule has 2 aromatic rings. The van der Waals surface area contributed by atoms with Crippen LogP contribution in [0.1, 0.15) is 16.1 Å². The number of nitrogens with zero attached hydrogens (tertiary/aromatic N) is 1. The molecule has 3 amide bonds. The van der Waals surface area contributed by atoms with E-state index in [1.807, 2.05) is 0 Å². The van der Waals surface area contributed by atoms with Crippen LogP contribution in [0.5, 0.6) is 0 Å². The molecule has 1 fully saturated rings. The number of carbonyl (C=O) groups is 3. The minimum atomic E-state index is -0.395. The predicted molar refractivity (Wildman–Crippen MR) is 95.2 cm³/mol. The molecule has 1 N–H and O–H groups in total. The molecule has 0 spiro atoms. The van der Waals surface area contributed by atoms with Gasteiger partial charge in [-0.25, -0.2) is 0 Å². The molecular formula is C17H13ClN2O4S. The van der Waals surface area contributed by atoms with Crippen molar-refractivity contribution < 1.29 is 18.8 Å². The number of hydrogen-bond donors (Lipinski definition) is 1. The van der Waals surface area contributed by atoms with E-state index in [2.05, 4.69) is 5.32 Å². The van der Waals surface area contributed by atoms with E-state index in [4.69, 9.17) is 16.0 Å². The first-order valence-corrected chi connectivity index (χ1v) is 8.56. The molecule has 6 nitrogen and oxygen atoms in total. The van der Waals surface area contributed by atoms with Crippen LogP contribution >= 0.6 is 23.4 Å². The molecule has 128 valence electrons. The highest BCUT2D eigenvalue weighted by Crippen LogP contribution is 2.32. The standard InChI is InChI=1S/C17H13ClN2O4S/c18-12-5-3-11(4-6-12)10-14-16(22)20(17(23)25-14)8-7-19-15(21)13-2-1-9-24-13/h1-6,9-10H,7-8H2,(H,19,21). The monoisotopic (exact) mass is 376 g/mol. The van der Waals surface area contributed by atoms with Crippen LogP contribution in [0.25, 0.3) is 6.08 Å². The van der Waals surface area contributed by atoms with E-state index >= 15 is 0 Å². The van der Waals surface area contributed by atoms with Gasteiger partial charge in [0.25, 0.3) is 17.1 Å². The zero-order valence-electron chi connectivity index (χ0n) is 12.9. The quantitative estimate of drug-likeness (QED) is 0.809. The van der Waals surface area contributed by atoms with E-state index in [1.165, 1.54) is 12.3 Å². The van der Waals surface area contributed by atoms with E-state index in [-0.39, 0.29) is 30.0 Å². The van der Waals surface area contributed by atoms with Gasteiger partial charge in [-0.05, 0) is 47.7 Å². The van der Waals surface area contributed by atoms with Crippen molar-refractivity contribution in [1.82, 2.24) is 10.2 Å².